The van der Waals surface area contributed by atoms with Crippen molar-refractivity contribution in [2.75, 3.05) is 26.4 Å². The van der Waals surface area contributed by atoms with Crippen LogP contribution in [0.4, 0.5) is 0 Å². The number of hydrogen-bond donors (Lipinski definition) is 10. The Hall–Kier alpha value is -1.05. The van der Waals surface area contributed by atoms with Gasteiger partial charge in [0.25, 0.3) is 0 Å². The van der Waals surface area contributed by atoms with Crippen LogP contribution < -0.4 is 0 Å². The highest BCUT2D eigenvalue weighted by Crippen LogP contribution is 2.37. The molecular formula is C24H38O19. The minimum absolute atomic E-state index is 0.131. The second kappa shape index (κ2) is 13.7. The first-order chi connectivity index (χ1) is 20.5. The van der Waals surface area contributed by atoms with Gasteiger partial charge in [-0.2, -0.15) is 0 Å². The summed E-state index contributed by atoms with van der Waals surface area (Å²) in [7, 11) is 0. The molecule has 0 unspecified atom stereocenters. The molecule has 0 aromatic rings. The van der Waals surface area contributed by atoms with E-state index in [9.17, 15) is 55.9 Å². The Bertz CT molecular complexity index is 927. The Kier molecular flexibility index (Phi) is 10.7. The van der Waals surface area contributed by atoms with Crippen molar-refractivity contribution < 1.29 is 93.8 Å². The van der Waals surface area contributed by atoms with E-state index in [-0.39, 0.29) is 19.5 Å². The van der Waals surface area contributed by atoms with Crippen molar-refractivity contribution in [3.8, 4) is 0 Å². The summed E-state index contributed by atoms with van der Waals surface area (Å²) in [5.41, 5.74) is 0. The fraction of sp³-hybridized carbons (Fsp3) is 0.958. The smallest absolute Gasteiger partial charge is 0.187 e. The molecule has 0 aromatic carbocycles. The molecule has 0 amide bonds. The van der Waals surface area contributed by atoms with Gasteiger partial charge in [0.2, 0.25) is 0 Å². The predicted molar refractivity (Wildman–Crippen MR) is 128 cm³/mol. The lowest BCUT2D eigenvalue weighted by Gasteiger charge is -2.46. The molecule has 5 aliphatic heterocycles. The summed E-state index contributed by atoms with van der Waals surface area (Å²) in [6, 6.07) is 0. The van der Waals surface area contributed by atoms with Crippen LogP contribution in [0.1, 0.15) is 0 Å². The van der Waals surface area contributed by atoms with Gasteiger partial charge in [0, 0.05) is 0 Å². The fourth-order valence-corrected chi connectivity index (χ4v) is 5.83. The van der Waals surface area contributed by atoms with Gasteiger partial charge in [0.05, 0.1) is 26.4 Å². The van der Waals surface area contributed by atoms with Crippen molar-refractivity contribution in [2.45, 2.75) is 117 Å². The monoisotopic (exact) mass is 630 g/mol. The van der Waals surface area contributed by atoms with Crippen LogP contribution >= 0.6 is 0 Å². The maximum absolute atomic E-state index is 11.1. The highest BCUT2D eigenvalue weighted by atomic mass is 16.8. The normalized spacial score (nSPS) is 52.7. The fourth-order valence-electron chi connectivity index (χ4n) is 5.83. The van der Waals surface area contributed by atoms with Crippen LogP contribution in [0.25, 0.3) is 0 Å². The van der Waals surface area contributed by atoms with E-state index >= 15 is 0 Å². The van der Waals surface area contributed by atoms with Gasteiger partial charge in [-0.25, -0.2) is 0 Å². The maximum Gasteiger partial charge on any atom is 0.187 e. The molecule has 0 aliphatic carbocycles. The molecular weight excluding hydrogens is 592 g/mol. The SMILES string of the molecule is O=C[C@@H](O)[C@@H]1OC[C@H](O)[C@H]1O[C@@H]1O[C@H](CO)[C@H](O)[C@H](O[C@@H]2O[C@H]3CO[C@@H]([C@@H]2O)[C@@H]3O[C@@H]2O[C@H](CO)[C@H](O)[C@H](O)[C@H]2O)[C@H]1O. The quantitative estimate of drug-likeness (QED) is 0.100. The molecule has 248 valence electrons. The Morgan fingerprint density at radius 1 is 0.651 bits per heavy atom. The Labute approximate surface area is 243 Å². The molecule has 2 bridgehead atoms. The zero-order chi connectivity index (χ0) is 31.2. The van der Waals surface area contributed by atoms with Crippen molar-refractivity contribution in [1.82, 2.24) is 0 Å². The number of aliphatic hydroxyl groups excluding tert-OH is 10. The van der Waals surface area contributed by atoms with Crippen LogP contribution in [0.3, 0.4) is 0 Å². The molecule has 5 rings (SSSR count). The minimum Gasteiger partial charge on any atom is -0.394 e. The van der Waals surface area contributed by atoms with Gasteiger partial charge in [-0.15, -0.1) is 0 Å². The summed E-state index contributed by atoms with van der Waals surface area (Å²) in [4.78, 5) is 11.1. The van der Waals surface area contributed by atoms with Crippen molar-refractivity contribution >= 4 is 6.29 Å². The first-order valence-corrected chi connectivity index (χ1v) is 13.8. The number of carbonyl (C=O) groups excluding carboxylic acids is 1. The Morgan fingerprint density at radius 3 is 1.88 bits per heavy atom. The Balaban J connectivity index is 1.26. The highest BCUT2D eigenvalue weighted by Gasteiger charge is 2.57. The van der Waals surface area contributed by atoms with Gasteiger partial charge in [-0.05, 0) is 0 Å². The molecule has 0 aromatic heterocycles. The van der Waals surface area contributed by atoms with Crippen molar-refractivity contribution in [1.29, 1.82) is 0 Å². The van der Waals surface area contributed by atoms with Crippen molar-refractivity contribution in [2.24, 2.45) is 0 Å². The number of aliphatic hydroxyl groups is 10. The molecule has 0 spiro atoms. The number of carbonyl (C=O) groups is 1. The van der Waals surface area contributed by atoms with Crippen molar-refractivity contribution in [3.63, 3.8) is 0 Å². The van der Waals surface area contributed by atoms with E-state index in [1.54, 1.807) is 0 Å². The average Bonchev–Trinajstić information content (AvgIpc) is 3.52. The molecule has 5 saturated heterocycles. The van der Waals surface area contributed by atoms with Gasteiger partial charge in [-0.3, -0.25) is 0 Å². The topological polar surface area (TPSA) is 293 Å². The molecule has 0 radical (unpaired) electrons. The molecule has 5 aliphatic rings. The maximum atomic E-state index is 11.1. The number of ether oxygens (including phenoxy) is 8. The number of hydrogen-bond acceptors (Lipinski definition) is 19. The molecule has 19 atom stereocenters. The van der Waals surface area contributed by atoms with Gasteiger partial charge in [0.1, 0.15) is 97.7 Å². The third-order valence-corrected chi connectivity index (χ3v) is 8.25. The molecule has 0 saturated carbocycles. The lowest BCUT2D eigenvalue weighted by atomic mass is 9.97. The van der Waals surface area contributed by atoms with Gasteiger partial charge in [-0.1, -0.05) is 0 Å². The first-order valence-electron chi connectivity index (χ1n) is 13.8. The second-order valence-corrected chi connectivity index (χ2v) is 11.0. The van der Waals surface area contributed by atoms with E-state index in [4.69, 9.17) is 37.9 Å². The van der Waals surface area contributed by atoms with Gasteiger partial charge in [0.15, 0.2) is 25.2 Å². The molecule has 5 fully saturated rings. The first kappa shape index (κ1) is 33.3. The minimum atomic E-state index is -1.82. The summed E-state index contributed by atoms with van der Waals surface area (Å²) < 4.78 is 44.5. The molecule has 19 heteroatoms. The molecule has 43 heavy (non-hydrogen) atoms. The van der Waals surface area contributed by atoms with E-state index in [2.05, 4.69) is 0 Å². The third kappa shape index (κ3) is 6.35. The van der Waals surface area contributed by atoms with Crippen molar-refractivity contribution in [3.05, 3.63) is 0 Å². The van der Waals surface area contributed by atoms with E-state index in [1.165, 1.54) is 0 Å². The second-order valence-electron chi connectivity index (χ2n) is 11.0. The van der Waals surface area contributed by atoms with Crippen LogP contribution in [0.2, 0.25) is 0 Å². The third-order valence-electron chi connectivity index (χ3n) is 8.25. The average molecular weight is 631 g/mol. The largest absolute Gasteiger partial charge is 0.394 e. The number of aldehydes is 1. The zero-order valence-electron chi connectivity index (χ0n) is 22.5. The summed E-state index contributed by atoms with van der Waals surface area (Å²) in [5.74, 6) is 0. The summed E-state index contributed by atoms with van der Waals surface area (Å²) >= 11 is 0. The molecule has 19 nitrogen and oxygen atoms in total. The number of rotatable bonds is 10. The highest BCUT2D eigenvalue weighted by molar-refractivity contribution is 5.57. The van der Waals surface area contributed by atoms with Gasteiger partial charge >= 0.3 is 0 Å². The molecule has 5 heterocycles. The van der Waals surface area contributed by atoms with Gasteiger partial charge < -0.3 is 93.8 Å². The summed E-state index contributed by atoms with van der Waals surface area (Å²) in [6.45, 7) is -1.89. The van der Waals surface area contributed by atoms with E-state index in [0.29, 0.717) is 0 Å². The van der Waals surface area contributed by atoms with Crippen LogP contribution in [0, 0.1) is 0 Å². The van der Waals surface area contributed by atoms with Crippen LogP contribution in [-0.2, 0) is 42.7 Å². The lowest BCUT2D eigenvalue weighted by Crippen LogP contribution is -2.65. The summed E-state index contributed by atoms with van der Waals surface area (Å²) in [6.07, 6.45) is -27.9. The standard InChI is InChI=1S/C24H38O19/c25-1-6(28)17-18(7(29)4-36-17)41-23-15(34)20(12(31)9(3-27)39-23)43-24-16(35)21-19(10(40-24)5-37-21)42-22-14(33)13(32)11(30)8(2-26)38-22/h1,6-24,26-35H,2-5H2/t6-,7+,8-,9-,10+,11+,12+,13+,14-,15-,16+,17+,18-,19-,20+,21+,22+,23+,24+/m1/s1. The van der Waals surface area contributed by atoms with Crippen LogP contribution in [0.15, 0.2) is 0 Å². The zero-order valence-corrected chi connectivity index (χ0v) is 22.5. The van der Waals surface area contributed by atoms with Crippen LogP contribution in [-0.4, -0.2) is 200 Å². The van der Waals surface area contributed by atoms with Crippen LogP contribution in [0.5, 0.6) is 0 Å². The van der Waals surface area contributed by atoms with E-state index < -0.39 is 130 Å². The van der Waals surface area contributed by atoms with E-state index in [1.807, 2.05) is 0 Å². The predicted octanol–water partition coefficient (Wildman–Crippen LogP) is -7.81. The summed E-state index contributed by atoms with van der Waals surface area (Å²) in [5, 5.41) is 103. The van der Waals surface area contributed by atoms with E-state index in [0.717, 1.165) is 0 Å². The number of fused-ring (bicyclic) bond motifs is 2. The molecule has 10 N–H and O–H groups in total. The lowest BCUT2D eigenvalue weighted by molar-refractivity contribution is -0.367. The Morgan fingerprint density at radius 2 is 1.23 bits per heavy atom.